The van der Waals surface area contributed by atoms with Crippen LogP contribution in [0.15, 0.2) is 30.5 Å². The molecule has 172 valence electrons. The van der Waals surface area contributed by atoms with E-state index in [-0.39, 0.29) is 12.0 Å². The highest BCUT2D eigenvalue weighted by Crippen LogP contribution is 2.40. The molecule has 0 N–H and O–H groups in total. The number of pyridine rings is 1. The summed E-state index contributed by atoms with van der Waals surface area (Å²) in [7, 11) is -2.02. The molecule has 1 aromatic heterocycles. The first-order valence-electron chi connectivity index (χ1n) is 10.1. The van der Waals surface area contributed by atoms with Gasteiger partial charge in [-0.25, -0.2) is 17.8 Å². The maximum absolute atomic E-state index is 14.2. The fraction of sp³-hybridized carbons (Fsp3) is 0.429. The summed E-state index contributed by atoms with van der Waals surface area (Å²) in [5.74, 6) is -0.347. The van der Waals surface area contributed by atoms with E-state index in [1.54, 1.807) is 18.2 Å². The summed E-state index contributed by atoms with van der Waals surface area (Å²) < 4.78 is 53.6. The second kappa shape index (κ2) is 8.81. The Kier molecular flexibility index (Phi) is 6.09. The van der Waals surface area contributed by atoms with Gasteiger partial charge in [0.2, 0.25) is 11.8 Å². The molecule has 0 bridgehead atoms. The van der Waals surface area contributed by atoms with Crippen molar-refractivity contribution in [1.29, 1.82) is 0 Å². The molecule has 0 saturated carbocycles. The largest absolute Gasteiger partial charge is 0.490 e. The molecule has 3 heterocycles. The van der Waals surface area contributed by atoms with Crippen LogP contribution in [0.1, 0.15) is 6.42 Å². The van der Waals surface area contributed by atoms with Gasteiger partial charge in [0.1, 0.15) is 30.0 Å². The number of rotatable bonds is 6. The summed E-state index contributed by atoms with van der Waals surface area (Å²) in [6.45, 7) is 1.69. The van der Waals surface area contributed by atoms with Crippen LogP contribution in [0, 0.1) is 5.82 Å². The number of hydrogen-bond acceptors (Lipinski definition) is 8. The van der Waals surface area contributed by atoms with E-state index < -0.39 is 27.3 Å². The molecule has 0 spiro atoms. The molecule has 1 fully saturated rings. The number of carbonyl (C=O) groups is 1. The SMILES string of the molecule is COc1ncc(N2CCOc3ccc(OC4CCN(C(=O)CS(C)(=O)=O)C4)cc32)cc1F. The highest BCUT2D eigenvalue weighted by molar-refractivity contribution is 7.91. The van der Waals surface area contributed by atoms with Gasteiger partial charge in [0.25, 0.3) is 0 Å². The summed E-state index contributed by atoms with van der Waals surface area (Å²) in [5, 5.41) is 0. The maximum Gasteiger partial charge on any atom is 0.250 e. The molecule has 32 heavy (non-hydrogen) atoms. The lowest BCUT2D eigenvalue weighted by atomic mass is 10.2. The average Bonchev–Trinajstić information content (AvgIpc) is 3.21. The highest BCUT2D eigenvalue weighted by Gasteiger charge is 2.30. The van der Waals surface area contributed by atoms with E-state index in [4.69, 9.17) is 14.2 Å². The predicted molar refractivity (Wildman–Crippen MR) is 115 cm³/mol. The van der Waals surface area contributed by atoms with Gasteiger partial charge >= 0.3 is 0 Å². The van der Waals surface area contributed by atoms with Gasteiger partial charge in [0, 0.05) is 31.4 Å². The van der Waals surface area contributed by atoms with Crippen LogP contribution in [0.5, 0.6) is 17.4 Å². The van der Waals surface area contributed by atoms with Gasteiger partial charge in [-0.15, -0.1) is 0 Å². The molecule has 2 aliphatic rings. The van der Waals surface area contributed by atoms with Gasteiger partial charge in [-0.1, -0.05) is 0 Å². The van der Waals surface area contributed by atoms with Crippen molar-refractivity contribution in [2.75, 3.05) is 50.3 Å². The number of nitrogens with zero attached hydrogens (tertiary/aromatic N) is 3. The fourth-order valence-corrected chi connectivity index (χ4v) is 4.44. The Bertz CT molecular complexity index is 1130. The molecule has 1 saturated heterocycles. The molecule has 4 rings (SSSR count). The number of amides is 1. The Labute approximate surface area is 185 Å². The van der Waals surface area contributed by atoms with E-state index in [0.717, 1.165) is 6.26 Å². The molecule has 0 aliphatic carbocycles. The number of aromatic nitrogens is 1. The highest BCUT2D eigenvalue weighted by atomic mass is 32.2. The van der Waals surface area contributed by atoms with E-state index in [9.17, 15) is 17.6 Å². The Balaban J connectivity index is 1.49. The third-order valence-corrected chi connectivity index (χ3v) is 6.05. The molecule has 1 aromatic carbocycles. The lowest BCUT2D eigenvalue weighted by Crippen LogP contribution is -2.35. The molecule has 9 nitrogen and oxygen atoms in total. The minimum atomic E-state index is -3.38. The van der Waals surface area contributed by atoms with Gasteiger partial charge < -0.3 is 24.0 Å². The zero-order valence-corrected chi connectivity index (χ0v) is 18.6. The zero-order valence-electron chi connectivity index (χ0n) is 17.8. The predicted octanol–water partition coefficient (Wildman–Crippen LogP) is 1.78. The first kappa shape index (κ1) is 22.1. The van der Waals surface area contributed by atoms with Crippen molar-refractivity contribution in [3.63, 3.8) is 0 Å². The fourth-order valence-electron chi connectivity index (χ4n) is 3.81. The van der Waals surface area contributed by atoms with Crippen LogP contribution < -0.4 is 19.1 Å². The number of benzene rings is 1. The van der Waals surface area contributed by atoms with Crippen molar-refractivity contribution in [2.45, 2.75) is 12.5 Å². The van der Waals surface area contributed by atoms with E-state index in [1.807, 2.05) is 4.90 Å². The molecule has 2 aromatic rings. The number of fused-ring (bicyclic) bond motifs is 1. The van der Waals surface area contributed by atoms with Crippen molar-refractivity contribution in [1.82, 2.24) is 9.88 Å². The first-order valence-corrected chi connectivity index (χ1v) is 12.2. The van der Waals surface area contributed by atoms with Crippen molar-refractivity contribution in [3.05, 3.63) is 36.3 Å². The van der Waals surface area contributed by atoms with E-state index >= 15 is 0 Å². The van der Waals surface area contributed by atoms with E-state index in [2.05, 4.69) is 4.98 Å². The van der Waals surface area contributed by atoms with Crippen molar-refractivity contribution in [3.8, 4) is 17.4 Å². The molecular weight excluding hydrogens is 441 g/mol. The summed E-state index contributed by atoms with van der Waals surface area (Å²) in [6, 6.07) is 6.72. The van der Waals surface area contributed by atoms with Crippen LogP contribution >= 0.6 is 0 Å². The minimum Gasteiger partial charge on any atom is -0.490 e. The van der Waals surface area contributed by atoms with Gasteiger partial charge in [-0.2, -0.15) is 0 Å². The molecule has 11 heteroatoms. The Morgan fingerprint density at radius 2 is 2.12 bits per heavy atom. The second-order valence-electron chi connectivity index (χ2n) is 7.75. The summed E-state index contributed by atoms with van der Waals surface area (Å²) in [6.07, 6.45) is 2.92. The summed E-state index contributed by atoms with van der Waals surface area (Å²) in [5.41, 5.74) is 1.27. The molecule has 1 unspecified atom stereocenters. The number of sulfone groups is 1. The Hall–Kier alpha value is -3.08. The van der Waals surface area contributed by atoms with Crippen LogP contribution in [0.25, 0.3) is 0 Å². The molecule has 1 amide bonds. The lowest BCUT2D eigenvalue weighted by molar-refractivity contribution is -0.127. The quantitative estimate of drug-likeness (QED) is 0.637. The number of likely N-dealkylation sites (tertiary alicyclic amines) is 1. The molecule has 2 aliphatic heterocycles. The smallest absolute Gasteiger partial charge is 0.250 e. The molecular formula is C21H24FN3O6S. The first-order chi connectivity index (χ1) is 15.2. The number of carbonyl (C=O) groups excluding carboxylic acids is 1. The van der Waals surface area contributed by atoms with Crippen LogP contribution in [0.4, 0.5) is 15.8 Å². The number of anilines is 2. The third-order valence-electron chi connectivity index (χ3n) is 5.28. The zero-order chi connectivity index (χ0) is 22.9. The van der Waals surface area contributed by atoms with Crippen LogP contribution in [-0.4, -0.2) is 75.7 Å². The number of methoxy groups -OCH3 is 1. The number of halogens is 1. The van der Waals surface area contributed by atoms with Crippen molar-refractivity contribution in [2.24, 2.45) is 0 Å². The van der Waals surface area contributed by atoms with Gasteiger partial charge in [-0.3, -0.25) is 4.79 Å². The lowest BCUT2D eigenvalue weighted by Gasteiger charge is -2.31. The van der Waals surface area contributed by atoms with E-state index in [1.165, 1.54) is 24.3 Å². The minimum absolute atomic E-state index is 0.0736. The van der Waals surface area contributed by atoms with E-state index in [0.29, 0.717) is 55.5 Å². The Morgan fingerprint density at radius 1 is 1.31 bits per heavy atom. The maximum atomic E-state index is 14.2. The average molecular weight is 466 g/mol. The molecule has 1 atom stereocenters. The standard InChI is InChI=1S/C21H24FN3O6S/c1-29-21-17(22)9-14(11-23-21)25-7-8-30-19-4-3-15(10-18(19)25)31-16-5-6-24(12-16)20(26)13-32(2,27)28/h3-4,9-11,16H,5-8,12-13H2,1-2H3. The van der Waals surface area contributed by atoms with Crippen molar-refractivity contribution >= 4 is 27.1 Å². The van der Waals surface area contributed by atoms with Gasteiger partial charge in [0.05, 0.1) is 37.8 Å². The Morgan fingerprint density at radius 3 is 2.84 bits per heavy atom. The van der Waals surface area contributed by atoms with Crippen molar-refractivity contribution < 1.29 is 31.8 Å². The number of hydrogen-bond donors (Lipinski definition) is 0. The second-order valence-corrected chi connectivity index (χ2v) is 9.89. The van der Waals surface area contributed by atoms with Crippen LogP contribution in [-0.2, 0) is 14.6 Å². The van der Waals surface area contributed by atoms with Crippen LogP contribution in [0.2, 0.25) is 0 Å². The van der Waals surface area contributed by atoms with Gasteiger partial charge in [-0.05, 0) is 12.1 Å². The normalized spacial score (nSPS) is 18.2. The molecule has 0 radical (unpaired) electrons. The number of ether oxygens (including phenoxy) is 3. The monoisotopic (exact) mass is 465 g/mol. The topological polar surface area (TPSA) is 98.3 Å². The third kappa shape index (κ3) is 4.87. The van der Waals surface area contributed by atoms with Crippen LogP contribution in [0.3, 0.4) is 0 Å². The summed E-state index contributed by atoms with van der Waals surface area (Å²) in [4.78, 5) is 19.5. The van der Waals surface area contributed by atoms with Gasteiger partial charge in [0.15, 0.2) is 15.7 Å². The summed E-state index contributed by atoms with van der Waals surface area (Å²) >= 11 is 0.